The predicted molar refractivity (Wildman–Crippen MR) is 67.5 cm³/mol. The molecule has 0 aromatic carbocycles. The van der Waals surface area contributed by atoms with Crippen molar-refractivity contribution in [3.05, 3.63) is 0 Å². The van der Waals surface area contributed by atoms with Gasteiger partial charge in [0.05, 0.1) is 6.54 Å². The molecule has 0 rings (SSSR count). The summed E-state index contributed by atoms with van der Waals surface area (Å²) in [5.41, 5.74) is 0.349. The maximum Gasteiger partial charge on any atom is 0.234 e. The van der Waals surface area contributed by atoms with Gasteiger partial charge in [-0.25, -0.2) is 0 Å². The van der Waals surface area contributed by atoms with Crippen molar-refractivity contribution < 1.29 is 4.79 Å². The van der Waals surface area contributed by atoms with Gasteiger partial charge in [0.25, 0.3) is 0 Å². The number of rotatable bonds is 5. The highest BCUT2D eigenvalue weighted by molar-refractivity contribution is 5.85. The summed E-state index contributed by atoms with van der Waals surface area (Å²) in [5.74, 6) is 0.0777. The Balaban J connectivity index is 0. The molecule has 1 atom stereocenters. The number of hydrogen-bond donors (Lipinski definition) is 2. The van der Waals surface area contributed by atoms with Crippen LogP contribution in [0.5, 0.6) is 0 Å². The maximum atomic E-state index is 11.2. The van der Waals surface area contributed by atoms with Crippen LogP contribution in [0.1, 0.15) is 40.5 Å². The number of halogens is 1. The zero-order chi connectivity index (χ0) is 11.2. The van der Waals surface area contributed by atoms with Crippen LogP contribution in [0.25, 0.3) is 0 Å². The van der Waals surface area contributed by atoms with Crippen LogP contribution >= 0.6 is 12.4 Å². The Morgan fingerprint density at radius 2 is 1.87 bits per heavy atom. The average molecular weight is 237 g/mol. The van der Waals surface area contributed by atoms with Crippen molar-refractivity contribution in [1.29, 1.82) is 0 Å². The van der Waals surface area contributed by atoms with E-state index in [1.165, 1.54) is 0 Å². The number of hydrogen-bond acceptors (Lipinski definition) is 2. The van der Waals surface area contributed by atoms with Gasteiger partial charge >= 0.3 is 0 Å². The lowest BCUT2D eigenvalue weighted by atomic mass is 9.89. The lowest BCUT2D eigenvalue weighted by Crippen LogP contribution is -2.38. The standard InChI is InChI=1S/C11H24N2O.ClH/c1-9(6-7-11(2,3)4)13-10(14)8-12-5;/h9,12H,6-8H2,1-5H3,(H,13,14);1H. The van der Waals surface area contributed by atoms with E-state index in [4.69, 9.17) is 0 Å². The molecule has 15 heavy (non-hydrogen) atoms. The summed E-state index contributed by atoms with van der Waals surface area (Å²) >= 11 is 0. The van der Waals surface area contributed by atoms with E-state index >= 15 is 0 Å². The Bertz CT molecular complexity index is 178. The van der Waals surface area contributed by atoms with Gasteiger partial charge in [-0.1, -0.05) is 20.8 Å². The smallest absolute Gasteiger partial charge is 0.234 e. The highest BCUT2D eigenvalue weighted by Crippen LogP contribution is 2.21. The number of likely N-dealkylation sites (N-methyl/N-ethyl adjacent to an activating group) is 1. The lowest BCUT2D eigenvalue weighted by molar-refractivity contribution is -0.120. The minimum absolute atomic E-state index is 0. The van der Waals surface area contributed by atoms with Gasteiger partial charge in [-0.2, -0.15) is 0 Å². The van der Waals surface area contributed by atoms with Crippen LogP contribution in [0.15, 0.2) is 0 Å². The fraction of sp³-hybridized carbons (Fsp3) is 0.909. The van der Waals surface area contributed by atoms with Gasteiger partial charge in [-0.15, -0.1) is 12.4 Å². The summed E-state index contributed by atoms with van der Waals surface area (Å²) in [6, 6.07) is 0.273. The quantitative estimate of drug-likeness (QED) is 0.766. The van der Waals surface area contributed by atoms with Crippen molar-refractivity contribution in [2.75, 3.05) is 13.6 Å². The van der Waals surface area contributed by atoms with E-state index in [2.05, 4.69) is 38.3 Å². The third kappa shape index (κ3) is 11.6. The summed E-state index contributed by atoms with van der Waals surface area (Å²) in [6.45, 7) is 9.11. The molecule has 4 heteroatoms. The minimum atomic E-state index is 0. The van der Waals surface area contributed by atoms with Gasteiger partial charge in [0, 0.05) is 6.04 Å². The van der Waals surface area contributed by atoms with Gasteiger partial charge in [-0.05, 0) is 32.2 Å². The molecule has 0 aliphatic carbocycles. The van der Waals surface area contributed by atoms with Crippen molar-refractivity contribution in [3.63, 3.8) is 0 Å². The topological polar surface area (TPSA) is 41.1 Å². The molecule has 0 aromatic heterocycles. The first-order valence-corrected chi connectivity index (χ1v) is 5.29. The van der Waals surface area contributed by atoms with Crippen molar-refractivity contribution >= 4 is 18.3 Å². The first-order valence-electron chi connectivity index (χ1n) is 5.29. The van der Waals surface area contributed by atoms with Crippen LogP contribution in [-0.4, -0.2) is 25.5 Å². The summed E-state index contributed by atoms with van der Waals surface area (Å²) in [5, 5.41) is 5.79. The summed E-state index contributed by atoms with van der Waals surface area (Å²) < 4.78 is 0. The minimum Gasteiger partial charge on any atom is -0.353 e. The highest BCUT2D eigenvalue weighted by atomic mass is 35.5. The molecule has 2 N–H and O–H groups in total. The van der Waals surface area contributed by atoms with E-state index in [1.54, 1.807) is 7.05 Å². The van der Waals surface area contributed by atoms with E-state index < -0.39 is 0 Å². The largest absolute Gasteiger partial charge is 0.353 e. The molecule has 92 valence electrons. The predicted octanol–water partition coefficient (Wildman–Crippen LogP) is 1.96. The average Bonchev–Trinajstić information content (AvgIpc) is 2.00. The molecule has 0 radical (unpaired) electrons. The Kier molecular flexibility index (Phi) is 9.07. The van der Waals surface area contributed by atoms with E-state index in [0.717, 1.165) is 12.8 Å². The van der Waals surface area contributed by atoms with E-state index in [9.17, 15) is 4.79 Å². The van der Waals surface area contributed by atoms with Crippen molar-refractivity contribution in [2.45, 2.75) is 46.6 Å². The monoisotopic (exact) mass is 236 g/mol. The number of carbonyl (C=O) groups is 1. The Hall–Kier alpha value is -0.280. The van der Waals surface area contributed by atoms with Crippen molar-refractivity contribution in [1.82, 2.24) is 10.6 Å². The lowest BCUT2D eigenvalue weighted by Gasteiger charge is -2.21. The van der Waals surface area contributed by atoms with Crippen LogP contribution in [-0.2, 0) is 4.79 Å². The molecule has 0 fully saturated rings. The summed E-state index contributed by atoms with van der Waals surface area (Å²) in [4.78, 5) is 11.2. The van der Waals surface area contributed by atoms with Gasteiger partial charge in [-0.3, -0.25) is 4.79 Å². The molecular weight excluding hydrogens is 212 g/mol. The highest BCUT2D eigenvalue weighted by Gasteiger charge is 2.13. The molecule has 0 saturated heterocycles. The molecule has 0 bridgehead atoms. The van der Waals surface area contributed by atoms with Crippen LogP contribution in [0.2, 0.25) is 0 Å². The van der Waals surface area contributed by atoms with Crippen molar-refractivity contribution in [3.8, 4) is 0 Å². The zero-order valence-corrected chi connectivity index (χ0v) is 11.3. The van der Waals surface area contributed by atoms with Gasteiger partial charge in [0.1, 0.15) is 0 Å². The molecule has 0 spiro atoms. The molecule has 0 aliphatic heterocycles. The Morgan fingerprint density at radius 1 is 1.33 bits per heavy atom. The molecule has 0 saturated carbocycles. The van der Waals surface area contributed by atoms with Crippen molar-refractivity contribution in [2.24, 2.45) is 5.41 Å². The van der Waals surface area contributed by atoms with Gasteiger partial charge in [0.2, 0.25) is 5.91 Å². The fourth-order valence-corrected chi connectivity index (χ4v) is 1.21. The van der Waals surface area contributed by atoms with Crippen LogP contribution in [0.4, 0.5) is 0 Å². The molecule has 0 aliphatic rings. The van der Waals surface area contributed by atoms with Crippen LogP contribution in [0, 0.1) is 5.41 Å². The zero-order valence-electron chi connectivity index (χ0n) is 10.5. The molecule has 0 heterocycles. The second-order valence-corrected chi connectivity index (χ2v) is 5.10. The second-order valence-electron chi connectivity index (χ2n) is 5.10. The Labute approximate surface area is 99.8 Å². The van der Waals surface area contributed by atoms with Gasteiger partial charge in [0.15, 0.2) is 0 Å². The molecule has 3 nitrogen and oxygen atoms in total. The molecule has 1 unspecified atom stereocenters. The molecular formula is C11H25ClN2O. The fourth-order valence-electron chi connectivity index (χ4n) is 1.21. The first-order chi connectivity index (χ1) is 6.35. The number of carbonyl (C=O) groups excluding carboxylic acids is 1. The summed E-state index contributed by atoms with van der Waals surface area (Å²) in [6.07, 6.45) is 2.17. The Morgan fingerprint density at radius 3 is 2.27 bits per heavy atom. The number of amides is 1. The SMILES string of the molecule is CNCC(=O)NC(C)CCC(C)(C)C.Cl. The third-order valence-corrected chi connectivity index (χ3v) is 2.07. The van der Waals surface area contributed by atoms with E-state index in [1.807, 2.05) is 0 Å². The van der Waals surface area contributed by atoms with Crippen LogP contribution in [0.3, 0.4) is 0 Å². The second kappa shape index (κ2) is 7.94. The third-order valence-electron chi connectivity index (χ3n) is 2.07. The van der Waals surface area contributed by atoms with Gasteiger partial charge < -0.3 is 10.6 Å². The maximum absolute atomic E-state index is 11.2. The van der Waals surface area contributed by atoms with Crippen LogP contribution < -0.4 is 10.6 Å². The first kappa shape index (κ1) is 17.1. The van der Waals surface area contributed by atoms with E-state index in [-0.39, 0.29) is 24.4 Å². The van der Waals surface area contributed by atoms with E-state index in [0.29, 0.717) is 12.0 Å². The number of nitrogens with one attached hydrogen (secondary N) is 2. The molecule has 0 aromatic rings. The summed E-state index contributed by atoms with van der Waals surface area (Å²) in [7, 11) is 1.78. The normalized spacial score (nSPS) is 12.9. The molecule has 1 amide bonds.